The smallest absolute Gasteiger partial charge is 0.0563 e. The van der Waals surface area contributed by atoms with Crippen LogP contribution in [-0.4, -0.2) is 11.2 Å². The van der Waals surface area contributed by atoms with E-state index in [1.54, 1.807) is 0 Å². The molecule has 0 aliphatic rings. The number of rotatable bonds is 5. The molecule has 0 saturated carbocycles. The molecule has 0 bridgehead atoms. The van der Waals surface area contributed by atoms with Crippen molar-refractivity contribution >= 4 is 0 Å². The molecule has 0 spiro atoms. The normalized spacial score (nSPS) is 15.4. The average molecular weight is 170 g/mol. The molecule has 1 N–H and O–H groups in total. The molecule has 2 unspecified atom stereocenters. The van der Waals surface area contributed by atoms with Crippen molar-refractivity contribution in [2.24, 2.45) is 5.92 Å². The average Bonchev–Trinajstić information content (AvgIpc) is 2.02. The Hall–Kier alpha value is -0.300. The van der Waals surface area contributed by atoms with Gasteiger partial charge in [-0.1, -0.05) is 25.5 Å². The summed E-state index contributed by atoms with van der Waals surface area (Å²) in [6.45, 7) is 8.37. The maximum atomic E-state index is 9.47. The number of hydrogen-bond donors (Lipinski definition) is 1. The number of aliphatic hydroxyl groups is 1. The van der Waals surface area contributed by atoms with Crippen molar-refractivity contribution in [3.63, 3.8) is 0 Å². The summed E-state index contributed by atoms with van der Waals surface area (Å²) >= 11 is 0. The van der Waals surface area contributed by atoms with E-state index in [4.69, 9.17) is 0 Å². The Bertz CT molecular complexity index is 134. The predicted molar refractivity (Wildman–Crippen MR) is 54.1 cm³/mol. The van der Waals surface area contributed by atoms with Gasteiger partial charge in [-0.3, -0.25) is 0 Å². The van der Waals surface area contributed by atoms with Gasteiger partial charge in [0.1, 0.15) is 0 Å². The fourth-order valence-electron chi connectivity index (χ4n) is 1.23. The minimum atomic E-state index is -0.115. The van der Waals surface area contributed by atoms with E-state index in [0.717, 1.165) is 19.3 Å². The Morgan fingerprint density at radius 3 is 2.42 bits per heavy atom. The van der Waals surface area contributed by atoms with Crippen LogP contribution < -0.4 is 0 Å². The summed E-state index contributed by atoms with van der Waals surface area (Å²) in [5, 5.41) is 9.47. The number of aliphatic hydroxyl groups excluding tert-OH is 1. The quantitative estimate of drug-likeness (QED) is 0.628. The first-order valence-corrected chi connectivity index (χ1v) is 4.89. The van der Waals surface area contributed by atoms with Gasteiger partial charge in [-0.2, -0.15) is 0 Å². The zero-order chi connectivity index (χ0) is 9.56. The van der Waals surface area contributed by atoms with E-state index < -0.39 is 0 Å². The standard InChI is InChI=1S/C11H22O/c1-5-11(12)10(4)8-6-7-9(2)3/h7,10-12H,5-6,8H2,1-4H3. The molecular formula is C11H22O. The van der Waals surface area contributed by atoms with Gasteiger partial charge in [0.2, 0.25) is 0 Å². The van der Waals surface area contributed by atoms with Crippen LogP contribution in [0.25, 0.3) is 0 Å². The molecule has 0 aliphatic carbocycles. The molecule has 1 nitrogen and oxygen atoms in total. The lowest BCUT2D eigenvalue weighted by molar-refractivity contribution is 0.108. The van der Waals surface area contributed by atoms with Crippen molar-refractivity contribution < 1.29 is 5.11 Å². The minimum Gasteiger partial charge on any atom is -0.393 e. The molecule has 12 heavy (non-hydrogen) atoms. The van der Waals surface area contributed by atoms with Crippen LogP contribution in [0.2, 0.25) is 0 Å². The summed E-state index contributed by atoms with van der Waals surface area (Å²) in [6.07, 6.45) is 5.19. The molecule has 0 amide bonds. The maximum Gasteiger partial charge on any atom is 0.0563 e. The molecule has 0 saturated heterocycles. The molecule has 0 rings (SSSR count). The van der Waals surface area contributed by atoms with E-state index in [-0.39, 0.29) is 6.10 Å². The highest BCUT2D eigenvalue weighted by molar-refractivity contribution is 4.92. The monoisotopic (exact) mass is 170 g/mol. The third-order valence-electron chi connectivity index (χ3n) is 2.25. The number of allylic oxidation sites excluding steroid dienone is 2. The SMILES string of the molecule is CCC(O)C(C)CCC=C(C)C. The van der Waals surface area contributed by atoms with E-state index >= 15 is 0 Å². The van der Waals surface area contributed by atoms with Gasteiger partial charge >= 0.3 is 0 Å². The molecule has 0 aromatic rings. The fourth-order valence-corrected chi connectivity index (χ4v) is 1.23. The summed E-state index contributed by atoms with van der Waals surface area (Å²) in [5.74, 6) is 0.436. The van der Waals surface area contributed by atoms with Crippen LogP contribution >= 0.6 is 0 Å². The summed E-state index contributed by atoms with van der Waals surface area (Å²) in [5.41, 5.74) is 1.37. The van der Waals surface area contributed by atoms with Crippen LogP contribution in [0.3, 0.4) is 0 Å². The van der Waals surface area contributed by atoms with E-state index in [2.05, 4.69) is 26.8 Å². The maximum absolute atomic E-state index is 9.47. The summed E-state index contributed by atoms with van der Waals surface area (Å²) < 4.78 is 0. The minimum absolute atomic E-state index is 0.115. The molecule has 0 heterocycles. The molecule has 1 heteroatoms. The lowest BCUT2D eigenvalue weighted by Crippen LogP contribution is -2.15. The van der Waals surface area contributed by atoms with Crippen LogP contribution in [-0.2, 0) is 0 Å². The van der Waals surface area contributed by atoms with Crippen molar-refractivity contribution in [2.75, 3.05) is 0 Å². The van der Waals surface area contributed by atoms with Gasteiger partial charge in [0.15, 0.2) is 0 Å². The molecule has 0 aliphatic heterocycles. The van der Waals surface area contributed by atoms with Crippen molar-refractivity contribution in [3.05, 3.63) is 11.6 Å². The van der Waals surface area contributed by atoms with Crippen LogP contribution in [0.1, 0.15) is 47.0 Å². The first-order chi connectivity index (χ1) is 5.57. The lowest BCUT2D eigenvalue weighted by Gasteiger charge is -2.15. The highest BCUT2D eigenvalue weighted by Crippen LogP contribution is 2.14. The van der Waals surface area contributed by atoms with Crippen LogP contribution in [0.5, 0.6) is 0 Å². The van der Waals surface area contributed by atoms with E-state index in [1.165, 1.54) is 5.57 Å². The van der Waals surface area contributed by atoms with Gasteiger partial charge in [0.25, 0.3) is 0 Å². The lowest BCUT2D eigenvalue weighted by atomic mass is 9.97. The molecule has 0 radical (unpaired) electrons. The molecule has 72 valence electrons. The largest absolute Gasteiger partial charge is 0.393 e. The van der Waals surface area contributed by atoms with E-state index in [1.807, 2.05) is 6.92 Å². The van der Waals surface area contributed by atoms with Crippen LogP contribution in [0, 0.1) is 5.92 Å². The third kappa shape index (κ3) is 5.36. The van der Waals surface area contributed by atoms with Crippen LogP contribution in [0.15, 0.2) is 11.6 Å². The van der Waals surface area contributed by atoms with Gasteiger partial charge < -0.3 is 5.11 Å². The second kappa shape index (κ2) is 6.24. The Kier molecular flexibility index (Phi) is 6.09. The van der Waals surface area contributed by atoms with Crippen molar-refractivity contribution in [1.82, 2.24) is 0 Å². The predicted octanol–water partition coefficient (Wildman–Crippen LogP) is 3.14. The van der Waals surface area contributed by atoms with Crippen LogP contribution in [0.4, 0.5) is 0 Å². The Balaban J connectivity index is 3.57. The second-order valence-electron chi connectivity index (χ2n) is 3.81. The van der Waals surface area contributed by atoms with Gasteiger partial charge in [-0.15, -0.1) is 0 Å². The van der Waals surface area contributed by atoms with Gasteiger partial charge in [-0.05, 0) is 39.0 Å². The Labute approximate surface area is 76.5 Å². The van der Waals surface area contributed by atoms with Crippen molar-refractivity contribution in [3.8, 4) is 0 Å². The van der Waals surface area contributed by atoms with Crippen molar-refractivity contribution in [1.29, 1.82) is 0 Å². The zero-order valence-corrected chi connectivity index (χ0v) is 8.80. The molecule has 0 aromatic carbocycles. The summed E-state index contributed by atoms with van der Waals surface area (Å²) in [4.78, 5) is 0. The highest BCUT2D eigenvalue weighted by atomic mass is 16.3. The third-order valence-corrected chi connectivity index (χ3v) is 2.25. The summed E-state index contributed by atoms with van der Waals surface area (Å²) in [7, 11) is 0. The topological polar surface area (TPSA) is 20.2 Å². The van der Waals surface area contributed by atoms with Crippen molar-refractivity contribution in [2.45, 2.75) is 53.1 Å². The second-order valence-corrected chi connectivity index (χ2v) is 3.81. The molecule has 0 fully saturated rings. The molecule has 0 aromatic heterocycles. The number of hydrogen-bond acceptors (Lipinski definition) is 1. The van der Waals surface area contributed by atoms with Gasteiger partial charge in [0.05, 0.1) is 6.10 Å². The zero-order valence-electron chi connectivity index (χ0n) is 8.80. The first-order valence-electron chi connectivity index (χ1n) is 4.89. The first kappa shape index (κ1) is 11.7. The van der Waals surface area contributed by atoms with E-state index in [9.17, 15) is 5.11 Å². The fraction of sp³-hybridized carbons (Fsp3) is 0.818. The van der Waals surface area contributed by atoms with Gasteiger partial charge in [0, 0.05) is 0 Å². The highest BCUT2D eigenvalue weighted by Gasteiger charge is 2.10. The Morgan fingerprint density at radius 1 is 1.42 bits per heavy atom. The Morgan fingerprint density at radius 2 is 2.00 bits per heavy atom. The molecular weight excluding hydrogens is 148 g/mol. The molecule has 2 atom stereocenters. The van der Waals surface area contributed by atoms with Gasteiger partial charge in [-0.25, -0.2) is 0 Å². The van der Waals surface area contributed by atoms with E-state index in [0.29, 0.717) is 5.92 Å². The summed E-state index contributed by atoms with van der Waals surface area (Å²) in [6, 6.07) is 0.